The molecular formula is C16H20N2O. The minimum atomic E-state index is -0.662. The van der Waals surface area contributed by atoms with Crippen molar-refractivity contribution in [3.8, 4) is 0 Å². The van der Waals surface area contributed by atoms with Gasteiger partial charge in [-0.15, -0.1) is 0 Å². The lowest BCUT2D eigenvalue weighted by atomic mass is 9.84. The van der Waals surface area contributed by atoms with Crippen molar-refractivity contribution in [2.75, 3.05) is 13.1 Å². The van der Waals surface area contributed by atoms with Crippen LogP contribution in [0.25, 0.3) is 10.9 Å². The van der Waals surface area contributed by atoms with Gasteiger partial charge in [0, 0.05) is 23.8 Å². The number of hydrogen-bond donors (Lipinski definition) is 2. The molecule has 3 nitrogen and oxygen atoms in total. The molecule has 3 heteroatoms. The molecule has 1 aromatic carbocycles. The van der Waals surface area contributed by atoms with Crippen LogP contribution in [0.3, 0.4) is 0 Å². The number of nitrogens with zero attached hydrogens (tertiary/aromatic N) is 1. The molecule has 0 amide bonds. The van der Waals surface area contributed by atoms with E-state index in [1.165, 1.54) is 24.8 Å². The molecule has 100 valence electrons. The molecule has 0 spiro atoms. The molecule has 2 saturated heterocycles. The zero-order chi connectivity index (χ0) is 12.9. The van der Waals surface area contributed by atoms with Gasteiger partial charge in [0.05, 0.1) is 0 Å². The van der Waals surface area contributed by atoms with Gasteiger partial charge in [0.1, 0.15) is 5.60 Å². The lowest BCUT2D eigenvalue weighted by Gasteiger charge is -2.40. The van der Waals surface area contributed by atoms with Gasteiger partial charge in [0.25, 0.3) is 0 Å². The highest BCUT2D eigenvalue weighted by Crippen LogP contribution is 2.39. The molecule has 2 unspecified atom stereocenters. The number of benzene rings is 1. The molecule has 1 aromatic heterocycles. The van der Waals surface area contributed by atoms with E-state index >= 15 is 0 Å². The molecule has 0 bridgehead atoms. The van der Waals surface area contributed by atoms with Crippen LogP contribution < -0.4 is 0 Å². The molecule has 2 fully saturated rings. The maximum absolute atomic E-state index is 11.0. The van der Waals surface area contributed by atoms with Crippen LogP contribution >= 0.6 is 0 Å². The van der Waals surface area contributed by atoms with Crippen molar-refractivity contribution in [1.29, 1.82) is 0 Å². The van der Waals surface area contributed by atoms with E-state index in [1.807, 2.05) is 12.1 Å². The summed E-state index contributed by atoms with van der Waals surface area (Å²) in [5, 5.41) is 12.2. The molecule has 2 N–H and O–H groups in total. The predicted molar refractivity (Wildman–Crippen MR) is 76.0 cm³/mol. The summed E-state index contributed by atoms with van der Waals surface area (Å²) in [7, 11) is 0. The van der Waals surface area contributed by atoms with Gasteiger partial charge in [0.2, 0.25) is 0 Å². The Hall–Kier alpha value is -1.32. The first-order chi connectivity index (χ1) is 9.24. The Morgan fingerprint density at radius 2 is 2.16 bits per heavy atom. The zero-order valence-electron chi connectivity index (χ0n) is 11.1. The number of aliphatic hydroxyl groups is 1. The fourth-order valence-corrected chi connectivity index (χ4v) is 3.81. The lowest BCUT2D eigenvalue weighted by molar-refractivity contribution is -0.0435. The van der Waals surface area contributed by atoms with Crippen molar-refractivity contribution in [2.45, 2.75) is 37.3 Å². The Bertz CT molecular complexity index is 573. The van der Waals surface area contributed by atoms with Gasteiger partial charge in [0.15, 0.2) is 0 Å². The van der Waals surface area contributed by atoms with E-state index in [4.69, 9.17) is 0 Å². The minimum Gasteiger partial charge on any atom is -0.384 e. The molecule has 2 aliphatic rings. The summed E-state index contributed by atoms with van der Waals surface area (Å²) < 4.78 is 0. The van der Waals surface area contributed by atoms with Gasteiger partial charge in [-0.1, -0.05) is 18.2 Å². The van der Waals surface area contributed by atoms with Crippen LogP contribution in [0.1, 0.15) is 31.4 Å². The average Bonchev–Trinajstić information content (AvgIpc) is 3.04. The lowest BCUT2D eigenvalue weighted by Crippen LogP contribution is -2.46. The van der Waals surface area contributed by atoms with Crippen molar-refractivity contribution in [3.63, 3.8) is 0 Å². The molecular weight excluding hydrogens is 236 g/mol. The Balaban J connectivity index is 1.70. The first kappa shape index (κ1) is 11.5. The molecule has 2 aromatic rings. The monoisotopic (exact) mass is 256 g/mol. The summed E-state index contributed by atoms with van der Waals surface area (Å²) in [6.07, 6.45) is 4.24. The van der Waals surface area contributed by atoms with Crippen molar-refractivity contribution >= 4 is 10.9 Å². The Morgan fingerprint density at radius 1 is 1.26 bits per heavy atom. The minimum absolute atomic E-state index is 0.574. The highest BCUT2D eigenvalue weighted by Gasteiger charge is 2.42. The topological polar surface area (TPSA) is 39.3 Å². The number of para-hydroxylation sites is 1. The summed E-state index contributed by atoms with van der Waals surface area (Å²) in [5.41, 5.74) is 1.46. The molecule has 19 heavy (non-hydrogen) atoms. The third-order valence-corrected chi connectivity index (χ3v) is 4.92. The average molecular weight is 256 g/mol. The summed E-state index contributed by atoms with van der Waals surface area (Å²) in [6.45, 7) is 2.24. The van der Waals surface area contributed by atoms with Crippen LogP contribution in [-0.4, -0.2) is 34.1 Å². The molecule has 0 radical (unpaired) electrons. The Morgan fingerprint density at radius 3 is 3.05 bits per heavy atom. The fourth-order valence-electron chi connectivity index (χ4n) is 3.81. The molecule has 0 aliphatic carbocycles. The summed E-state index contributed by atoms with van der Waals surface area (Å²) in [5.74, 6) is 0. The Kier molecular flexibility index (Phi) is 2.47. The fraction of sp³-hybridized carbons (Fsp3) is 0.500. The molecule has 2 atom stereocenters. The second kappa shape index (κ2) is 4.09. The standard InChI is InChI=1S/C16H20N2O/c19-16(7-9-18-8-3-5-13(18)11-16)15-10-12-4-1-2-6-14(12)17-15/h1-2,4,6,10,13,17,19H,3,5,7-9,11H2. The van der Waals surface area contributed by atoms with Gasteiger partial charge in [-0.3, -0.25) is 0 Å². The smallest absolute Gasteiger partial charge is 0.107 e. The zero-order valence-corrected chi connectivity index (χ0v) is 11.1. The largest absolute Gasteiger partial charge is 0.384 e. The van der Waals surface area contributed by atoms with Gasteiger partial charge < -0.3 is 15.0 Å². The van der Waals surface area contributed by atoms with E-state index in [0.717, 1.165) is 30.6 Å². The van der Waals surface area contributed by atoms with Crippen LogP contribution in [0, 0.1) is 0 Å². The highest BCUT2D eigenvalue weighted by molar-refractivity contribution is 5.80. The number of aromatic amines is 1. The number of nitrogens with one attached hydrogen (secondary N) is 1. The van der Waals surface area contributed by atoms with Crippen molar-refractivity contribution < 1.29 is 5.11 Å². The summed E-state index contributed by atoms with van der Waals surface area (Å²) in [6, 6.07) is 11.0. The molecule has 2 aliphatic heterocycles. The van der Waals surface area contributed by atoms with E-state index in [1.54, 1.807) is 0 Å². The van der Waals surface area contributed by atoms with Crippen LogP contribution in [0.5, 0.6) is 0 Å². The summed E-state index contributed by atoms with van der Waals surface area (Å²) >= 11 is 0. The number of fused-ring (bicyclic) bond motifs is 2. The van der Waals surface area contributed by atoms with Crippen molar-refractivity contribution in [1.82, 2.24) is 9.88 Å². The maximum atomic E-state index is 11.0. The number of aromatic nitrogens is 1. The first-order valence-electron chi connectivity index (χ1n) is 7.29. The van der Waals surface area contributed by atoms with E-state index in [0.29, 0.717) is 6.04 Å². The van der Waals surface area contributed by atoms with E-state index < -0.39 is 5.60 Å². The Labute approximate surface area is 113 Å². The summed E-state index contributed by atoms with van der Waals surface area (Å²) in [4.78, 5) is 5.96. The van der Waals surface area contributed by atoms with Gasteiger partial charge in [-0.05, 0) is 49.7 Å². The third-order valence-electron chi connectivity index (χ3n) is 4.92. The number of H-pyrrole nitrogens is 1. The number of piperidine rings is 1. The first-order valence-corrected chi connectivity index (χ1v) is 7.29. The van der Waals surface area contributed by atoms with Crippen LogP contribution in [0.15, 0.2) is 30.3 Å². The number of hydrogen-bond acceptors (Lipinski definition) is 2. The van der Waals surface area contributed by atoms with E-state index in [9.17, 15) is 5.11 Å². The molecule has 3 heterocycles. The SMILES string of the molecule is OC1(c2cc3ccccc3[nH]2)CCN2CCCC2C1. The van der Waals surface area contributed by atoms with Gasteiger partial charge in [-0.25, -0.2) is 0 Å². The van der Waals surface area contributed by atoms with Crippen LogP contribution in [0.4, 0.5) is 0 Å². The second-order valence-corrected chi connectivity index (χ2v) is 6.09. The normalized spacial score (nSPS) is 31.7. The van der Waals surface area contributed by atoms with E-state index in [-0.39, 0.29) is 0 Å². The third kappa shape index (κ3) is 1.80. The van der Waals surface area contributed by atoms with Gasteiger partial charge >= 0.3 is 0 Å². The van der Waals surface area contributed by atoms with Crippen molar-refractivity contribution in [3.05, 3.63) is 36.0 Å². The van der Waals surface area contributed by atoms with Crippen molar-refractivity contribution in [2.24, 2.45) is 0 Å². The maximum Gasteiger partial charge on any atom is 0.107 e. The van der Waals surface area contributed by atoms with Crippen LogP contribution in [-0.2, 0) is 5.60 Å². The number of rotatable bonds is 1. The van der Waals surface area contributed by atoms with E-state index in [2.05, 4.69) is 28.1 Å². The molecule has 0 saturated carbocycles. The quantitative estimate of drug-likeness (QED) is 0.823. The van der Waals surface area contributed by atoms with Gasteiger partial charge in [-0.2, -0.15) is 0 Å². The highest BCUT2D eigenvalue weighted by atomic mass is 16.3. The predicted octanol–water partition coefficient (Wildman–Crippen LogP) is 2.61. The molecule has 4 rings (SSSR count). The van der Waals surface area contributed by atoms with Crippen LogP contribution in [0.2, 0.25) is 0 Å². The second-order valence-electron chi connectivity index (χ2n) is 6.09.